The summed E-state index contributed by atoms with van der Waals surface area (Å²) in [6.45, 7) is 2.06. The van der Waals surface area contributed by atoms with Crippen LogP contribution in [0.1, 0.15) is 17.5 Å². The molecule has 2 nitrogen and oxygen atoms in total. The maximum atomic E-state index is 10.2. The fourth-order valence-corrected chi connectivity index (χ4v) is 1.93. The molecular formula is C11H14O2S. The predicted octanol–water partition coefficient (Wildman–Crippen LogP) is 2.70. The van der Waals surface area contributed by atoms with Crippen LogP contribution < -0.4 is 0 Å². The predicted molar refractivity (Wildman–Crippen MR) is 59.6 cm³/mol. The third kappa shape index (κ3) is 4.33. The Balaban J connectivity index is 2.25. The van der Waals surface area contributed by atoms with Crippen molar-refractivity contribution in [2.45, 2.75) is 19.1 Å². The number of thioether (sulfide) groups is 1. The van der Waals surface area contributed by atoms with Crippen molar-refractivity contribution in [2.75, 3.05) is 5.75 Å². The molecular weight excluding hydrogens is 196 g/mol. The molecule has 0 saturated carbocycles. The van der Waals surface area contributed by atoms with Crippen LogP contribution >= 0.6 is 11.8 Å². The smallest absolute Gasteiger partial charge is 0.304 e. The molecule has 0 aliphatic heterocycles. The van der Waals surface area contributed by atoms with Gasteiger partial charge in [-0.2, -0.15) is 11.8 Å². The topological polar surface area (TPSA) is 37.3 Å². The van der Waals surface area contributed by atoms with E-state index in [1.54, 1.807) is 11.8 Å². The molecule has 0 heterocycles. The number of carbonyl (C=O) groups is 1. The van der Waals surface area contributed by atoms with Gasteiger partial charge in [-0.05, 0) is 12.5 Å². The second-order valence-electron chi connectivity index (χ2n) is 3.18. The molecule has 0 fully saturated rings. The van der Waals surface area contributed by atoms with E-state index in [9.17, 15) is 4.79 Å². The van der Waals surface area contributed by atoms with E-state index in [2.05, 4.69) is 31.2 Å². The highest BCUT2D eigenvalue weighted by Crippen LogP contribution is 2.13. The molecule has 0 aliphatic carbocycles. The summed E-state index contributed by atoms with van der Waals surface area (Å²) in [4.78, 5) is 10.2. The Morgan fingerprint density at radius 2 is 2.00 bits per heavy atom. The first-order chi connectivity index (χ1) is 6.68. The van der Waals surface area contributed by atoms with Crippen LogP contribution in [0.5, 0.6) is 0 Å². The summed E-state index contributed by atoms with van der Waals surface area (Å²) in [6.07, 6.45) is 0.247. The van der Waals surface area contributed by atoms with Crippen LogP contribution in [0.3, 0.4) is 0 Å². The van der Waals surface area contributed by atoms with Crippen molar-refractivity contribution in [3.8, 4) is 0 Å². The average molecular weight is 210 g/mol. The number of hydrogen-bond donors (Lipinski definition) is 1. The zero-order valence-electron chi connectivity index (χ0n) is 8.19. The molecule has 0 bridgehead atoms. The van der Waals surface area contributed by atoms with Crippen molar-refractivity contribution in [1.82, 2.24) is 0 Å². The molecule has 0 atom stereocenters. The lowest BCUT2D eigenvalue weighted by atomic mass is 10.2. The standard InChI is InChI=1S/C11H14O2S/c1-9-2-4-10(5-3-9)8-14-7-6-11(12)13/h2-5H,6-8H2,1H3,(H,12,13). The van der Waals surface area contributed by atoms with Crippen molar-refractivity contribution >= 4 is 17.7 Å². The van der Waals surface area contributed by atoms with Gasteiger partial charge in [0.1, 0.15) is 0 Å². The first kappa shape index (κ1) is 11.1. The summed E-state index contributed by atoms with van der Waals surface area (Å²) >= 11 is 1.66. The second kappa shape index (κ2) is 5.70. The molecule has 1 aromatic rings. The third-order valence-corrected chi connectivity index (χ3v) is 2.88. The van der Waals surface area contributed by atoms with Gasteiger partial charge in [-0.15, -0.1) is 0 Å². The van der Waals surface area contributed by atoms with E-state index in [4.69, 9.17) is 5.11 Å². The van der Waals surface area contributed by atoms with Gasteiger partial charge in [0, 0.05) is 11.5 Å². The third-order valence-electron chi connectivity index (χ3n) is 1.85. The minimum atomic E-state index is -0.721. The first-order valence-corrected chi connectivity index (χ1v) is 5.69. The summed E-state index contributed by atoms with van der Waals surface area (Å²) in [5.41, 5.74) is 2.51. The Hall–Kier alpha value is -0.960. The minimum Gasteiger partial charge on any atom is -0.481 e. The largest absolute Gasteiger partial charge is 0.481 e. The fraction of sp³-hybridized carbons (Fsp3) is 0.364. The summed E-state index contributed by atoms with van der Waals surface area (Å²) in [5.74, 6) is 0.859. The summed E-state index contributed by atoms with van der Waals surface area (Å²) in [5, 5.41) is 8.43. The summed E-state index contributed by atoms with van der Waals surface area (Å²) < 4.78 is 0. The van der Waals surface area contributed by atoms with Crippen molar-refractivity contribution in [3.05, 3.63) is 35.4 Å². The van der Waals surface area contributed by atoms with Gasteiger partial charge in [0.2, 0.25) is 0 Å². The number of aliphatic carboxylic acids is 1. The van der Waals surface area contributed by atoms with E-state index in [-0.39, 0.29) is 6.42 Å². The minimum absolute atomic E-state index is 0.247. The summed E-state index contributed by atoms with van der Waals surface area (Å²) in [7, 11) is 0. The highest BCUT2D eigenvalue weighted by atomic mass is 32.2. The molecule has 76 valence electrons. The lowest BCUT2D eigenvalue weighted by Gasteiger charge is -2.00. The summed E-state index contributed by atoms with van der Waals surface area (Å²) in [6, 6.07) is 8.33. The van der Waals surface area contributed by atoms with E-state index < -0.39 is 5.97 Å². The number of carboxylic acids is 1. The number of carboxylic acid groups (broad SMARTS) is 1. The lowest BCUT2D eigenvalue weighted by molar-refractivity contribution is -0.136. The fourth-order valence-electron chi connectivity index (χ4n) is 1.03. The maximum absolute atomic E-state index is 10.2. The van der Waals surface area contributed by atoms with Crippen LogP contribution in [-0.4, -0.2) is 16.8 Å². The molecule has 0 aliphatic rings. The molecule has 14 heavy (non-hydrogen) atoms. The lowest BCUT2D eigenvalue weighted by Crippen LogP contribution is -1.96. The Morgan fingerprint density at radius 3 is 2.57 bits per heavy atom. The first-order valence-electron chi connectivity index (χ1n) is 4.53. The van der Waals surface area contributed by atoms with Crippen LogP contribution in [0.25, 0.3) is 0 Å². The highest BCUT2D eigenvalue weighted by Gasteiger charge is 1.97. The molecule has 1 N–H and O–H groups in total. The van der Waals surface area contributed by atoms with E-state index >= 15 is 0 Å². The zero-order chi connectivity index (χ0) is 10.4. The Morgan fingerprint density at radius 1 is 1.36 bits per heavy atom. The van der Waals surface area contributed by atoms with Gasteiger partial charge in [-0.25, -0.2) is 0 Å². The van der Waals surface area contributed by atoms with E-state index in [0.717, 1.165) is 5.75 Å². The molecule has 0 saturated heterocycles. The monoisotopic (exact) mass is 210 g/mol. The van der Waals surface area contributed by atoms with Crippen LogP contribution in [0, 0.1) is 6.92 Å². The van der Waals surface area contributed by atoms with Gasteiger partial charge < -0.3 is 5.11 Å². The van der Waals surface area contributed by atoms with Crippen molar-refractivity contribution in [3.63, 3.8) is 0 Å². The van der Waals surface area contributed by atoms with Gasteiger partial charge in [-0.1, -0.05) is 29.8 Å². The van der Waals surface area contributed by atoms with Gasteiger partial charge in [0.05, 0.1) is 6.42 Å². The van der Waals surface area contributed by atoms with Crippen LogP contribution in [-0.2, 0) is 10.5 Å². The van der Waals surface area contributed by atoms with E-state index in [1.165, 1.54) is 11.1 Å². The molecule has 0 aromatic heterocycles. The molecule has 1 rings (SSSR count). The van der Waals surface area contributed by atoms with Gasteiger partial charge >= 0.3 is 5.97 Å². The van der Waals surface area contributed by atoms with Gasteiger partial charge in [0.15, 0.2) is 0 Å². The van der Waals surface area contributed by atoms with Crippen molar-refractivity contribution in [1.29, 1.82) is 0 Å². The average Bonchev–Trinajstić information content (AvgIpc) is 2.15. The van der Waals surface area contributed by atoms with E-state index in [0.29, 0.717) is 5.75 Å². The van der Waals surface area contributed by atoms with Gasteiger partial charge in [-0.3, -0.25) is 4.79 Å². The number of hydrogen-bond acceptors (Lipinski definition) is 2. The molecule has 0 radical (unpaired) electrons. The van der Waals surface area contributed by atoms with Gasteiger partial charge in [0.25, 0.3) is 0 Å². The molecule has 1 aromatic carbocycles. The number of rotatable bonds is 5. The second-order valence-corrected chi connectivity index (χ2v) is 4.29. The van der Waals surface area contributed by atoms with E-state index in [1.807, 2.05) is 0 Å². The van der Waals surface area contributed by atoms with Crippen molar-refractivity contribution in [2.24, 2.45) is 0 Å². The Bertz CT molecular complexity index is 293. The molecule has 0 amide bonds. The quantitative estimate of drug-likeness (QED) is 0.759. The SMILES string of the molecule is Cc1ccc(CSCCC(=O)O)cc1. The maximum Gasteiger partial charge on any atom is 0.304 e. The molecule has 3 heteroatoms. The Kier molecular flexibility index (Phi) is 4.53. The zero-order valence-corrected chi connectivity index (χ0v) is 9.01. The molecule has 0 unspecified atom stereocenters. The highest BCUT2D eigenvalue weighted by molar-refractivity contribution is 7.98. The Labute approximate surface area is 88.3 Å². The van der Waals surface area contributed by atoms with Crippen molar-refractivity contribution < 1.29 is 9.90 Å². The van der Waals surface area contributed by atoms with Crippen LogP contribution in [0.15, 0.2) is 24.3 Å². The number of benzene rings is 1. The van der Waals surface area contributed by atoms with Crippen LogP contribution in [0.4, 0.5) is 0 Å². The van der Waals surface area contributed by atoms with Crippen LogP contribution in [0.2, 0.25) is 0 Å². The number of aryl methyl sites for hydroxylation is 1. The molecule has 0 spiro atoms. The normalized spacial score (nSPS) is 10.1.